The lowest BCUT2D eigenvalue weighted by Gasteiger charge is -2.42. The molecule has 6 nitrogen and oxygen atoms in total. The Kier molecular flexibility index (Phi) is 6.22. The minimum atomic E-state index is -0.582. The molecule has 0 radical (unpaired) electrons. The normalized spacial score (nSPS) is 16.0. The third-order valence-electron chi connectivity index (χ3n) is 7.31. The van der Waals surface area contributed by atoms with E-state index in [0.717, 1.165) is 60.1 Å². The number of fused-ring (bicyclic) bond motifs is 2. The molecule has 8 heteroatoms. The number of thiophene rings is 1. The summed E-state index contributed by atoms with van der Waals surface area (Å²) in [5.74, 6) is -0.237. The second-order valence-electron chi connectivity index (χ2n) is 9.67. The van der Waals surface area contributed by atoms with Crippen molar-refractivity contribution in [2.45, 2.75) is 37.8 Å². The molecular formula is C29H31FN4O2S. The minimum Gasteiger partial charge on any atom is -0.485 e. The number of hydrogen-bond acceptors (Lipinski definition) is 6. The number of benzene rings is 2. The van der Waals surface area contributed by atoms with Crippen LogP contribution >= 0.6 is 11.3 Å². The zero-order valence-corrected chi connectivity index (χ0v) is 21.2. The summed E-state index contributed by atoms with van der Waals surface area (Å²) < 4.78 is 21.8. The second kappa shape index (κ2) is 9.68. The molecule has 1 saturated carbocycles. The van der Waals surface area contributed by atoms with Gasteiger partial charge in [-0.15, -0.1) is 21.5 Å². The largest absolute Gasteiger partial charge is 0.485 e. The molecule has 1 fully saturated rings. The predicted molar refractivity (Wildman–Crippen MR) is 148 cm³/mol. The average Bonchev–Trinajstić information content (AvgIpc) is 3.39. The van der Waals surface area contributed by atoms with Crippen LogP contribution in [0, 0.1) is 5.82 Å². The van der Waals surface area contributed by atoms with Crippen LogP contribution in [0.5, 0.6) is 5.75 Å². The maximum absolute atomic E-state index is 14.4. The zero-order chi connectivity index (χ0) is 25.4. The predicted octanol–water partition coefficient (Wildman–Crippen LogP) is 5.91. The standard InChI is InChI=1S/C29H27FN4O2S.2H2/c1-2-25(35)32-17-29(10-3-11-29)36-24-15-21(30)6-7-22(24)27-28-23(9-13-37-28)26(33-34-27)19-4-5-20-16-31-12-8-18(20)14-19;;/h2,4-7,9,13-15,31H,1,3,8,10-12,16-17H2,(H,32,35);2*1H. The molecule has 4 aromatic rings. The monoisotopic (exact) mass is 518 g/mol. The first kappa shape index (κ1) is 23.8. The number of nitrogens with zero attached hydrogens (tertiary/aromatic N) is 2. The summed E-state index contributed by atoms with van der Waals surface area (Å²) in [6.07, 6.45) is 4.76. The summed E-state index contributed by atoms with van der Waals surface area (Å²) >= 11 is 1.58. The lowest BCUT2D eigenvalue weighted by atomic mass is 9.79. The van der Waals surface area contributed by atoms with E-state index in [2.05, 4.69) is 51.7 Å². The summed E-state index contributed by atoms with van der Waals surface area (Å²) in [4.78, 5) is 11.8. The first-order valence-corrected chi connectivity index (χ1v) is 13.4. The molecule has 2 aromatic heterocycles. The van der Waals surface area contributed by atoms with Crippen LogP contribution in [-0.4, -0.2) is 34.8 Å². The highest BCUT2D eigenvalue weighted by Gasteiger charge is 2.40. The summed E-state index contributed by atoms with van der Waals surface area (Å²) in [6, 6.07) is 13.1. The second-order valence-corrected chi connectivity index (χ2v) is 10.6. The molecule has 0 unspecified atom stereocenters. The molecule has 0 spiro atoms. The van der Waals surface area contributed by atoms with Crippen LogP contribution in [0.1, 0.15) is 33.2 Å². The minimum absolute atomic E-state index is 0. The van der Waals surface area contributed by atoms with Crippen molar-refractivity contribution in [2.75, 3.05) is 13.1 Å². The Balaban J connectivity index is 0.00000176. The number of amides is 1. The molecule has 2 N–H and O–H groups in total. The Bertz CT molecular complexity index is 1520. The number of carbonyl (C=O) groups excluding carboxylic acids is 1. The Labute approximate surface area is 221 Å². The van der Waals surface area contributed by atoms with Gasteiger partial charge in [0.05, 0.1) is 11.2 Å². The molecular weight excluding hydrogens is 487 g/mol. The smallest absolute Gasteiger partial charge is 0.243 e. The van der Waals surface area contributed by atoms with Gasteiger partial charge in [0.2, 0.25) is 5.91 Å². The topological polar surface area (TPSA) is 76.1 Å². The van der Waals surface area contributed by atoms with E-state index in [1.54, 1.807) is 17.4 Å². The van der Waals surface area contributed by atoms with Gasteiger partial charge in [-0.25, -0.2) is 4.39 Å². The molecule has 1 aliphatic heterocycles. The average molecular weight is 519 g/mol. The van der Waals surface area contributed by atoms with Crippen molar-refractivity contribution in [3.05, 3.63) is 77.4 Å². The van der Waals surface area contributed by atoms with E-state index in [4.69, 9.17) is 4.74 Å². The van der Waals surface area contributed by atoms with E-state index < -0.39 is 5.60 Å². The van der Waals surface area contributed by atoms with E-state index in [1.165, 1.54) is 29.3 Å². The van der Waals surface area contributed by atoms with Gasteiger partial charge >= 0.3 is 0 Å². The van der Waals surface area contributed by atoms with Crippen molar-refractivity contribution in [3.8, 4) is 28.3 Å². The van der Waals surface area contributed by atoms with Gasteiger partial charge in [-0.2, -0.15) is 0 Å². The fraction of sp³-hybridized carbons (Fsp3) is 0.276. The van der Waals surface area contributed by atoms with Crippen LogP contribution in [0.3, 0.4) is 0 Å². The Morgan fingerprint density at radius 3 is 2.86 bits per heavy atom. The number of carbonyl (C=O) groups is 1. The fourth-order valence-electron chi connectivity index (χ4n) is 5.11. The highest BCUT2D eigenvalue weighted by Crippen LogP contribution is 2.43. The van der Waals surface area contributed by atoms with E-state index in [1.807, 2.05) is 5.38 Å². The van der Waals surface area contributed by atoms with Gasteiger partial charge in [0, 0.05) is 32.0 Å². The number of rotatable bonds is 7. The summed E-state index contributed by atoms with van der Waals surface area (Å²) in [5.41, 5.74) is 5.32. The number of ether oxygens (including phenoxy) is 1. The first-order chi connectivity index (χ1) is 18.0. The van der Waals surface area contributed by atoms with Gasteiger partial charge in [0.1, 0.15) is 28.6 Å². The zero-order valence-electron chi connectivity index (χ0n) is 20.4. The third kappa shape index (κ3) is 4.51. The molecule has 6 rings (SSSR count). The van der Waals surface area contributed by atoms with Crippen LogP contribution in [-0.2, 0) is 17.8 Å². The molecule has 192 valence electrons. The lowest BCUT2D eigenvalue weighted by Crippen LogP contribution is -2.52. The molecule has 0 atom stereocenters. The van der Waals surface area contributed by atoms with Crippen LogP contribution in [0.15, 0.2) is 60.5 Å². The Morgan fingerprint density at radius 1 is 1.19 bits per heavy atom. The molecule has 0 saturated heterocycles. The van der Waals surface area contributed by atoms with E-state index in [-0.39, 0.29) is 14.6 Å². The Hall–Kier alpha value is -3.62. The van der Waals surface area contributed by atoms with Gasteiger partial charge in [-0.1, -0.05) is 18.7 Å². The van der Waals surface area contributed by atoms with Crippen molar-refractivity contribution in [3.63, 3.8) is 0 Å². The number of hydrogen-bond donors (Lipinski definition) is 2. The molecule has 1 amide bonds. The van der Waals surface area contributed by atoms with Gasteiger partial charge in [-0.05, 0) is 79.1 Å². The van der Waals surface area contributed by atoms with E-state index >= 15 is 0 Å². The van der Waals surface area contributed by atoms with Crippen molar-refractivity contribution >= 4 is 27.3 Å². The number of nitrogens with one attached hydrogen (secondary N) is 2. The van der Waals surface area contributed by atoms with Crippen LogP contribution in [0.2, 0.25) is 0 Å². The molecule has 37 heavy (non-hydrogen) atoms. The number of aromatic nitrogens is 2. The highest BCUT2D eigenvalue weighted by molar-refractivity contribution is 7.17. The molecule has 2 aliphatic rings. The third-order valence-corrected chi connectivity index (χ3v) is 8.23. The molecule has 3 heterocycles. The van der Waals surface area contributed by atoms with E-state index in [9.17, 15) is 9.18 Å². The summed E-state index contributed by atoms with van der Waals surface area (Å²) in [6.45, 7) is 5.71. The van der Waals surface area contributed by atoms with Crippen LogP contribution in [0.25, 0.3) is 32.6 Å². The lowest BCUT2D eigenvalue weighted by molar-refractivity contribution is -0.118. The van der Waals surface area contributed by atoms with Crippen molar-refractivity contribution in [1.82, 2.24) is 20.8 Å². The van der Waals surface area contributed by atoms with Gasteiger partial charge in [0.15, 0.2) is 0 Å². The maximum Gasteiger partial charge on any atom is 0.243 e. The van der Waals surface area contributed by atoms with Crippen molar-refractivity contribution in [2.24, 2.45) is 0 Å². The summed E-state index contributed by atoms with van der Waals surface area (Å²) in [7, 11) is 0. The molecule has 0 bridgehead atoms. The molecule has 1 aliphatic carbocycles. The highest BCUT2D eigenvalue weighted by atomic mass is 32.1. The van der Waals surface area contributed by atoms with E-state index in [0.29, 0.717) is 23.6 Å². The first-order valence-electron chi connectivity index (χ1n) is 12.5. The van der Waals surface area contributed by atoms with Gasteiger partial charge in [-0.3, -0.25) is 4.79 Å². The summed E-state index contributed by atoms with van der Waals surface area (Å²) in [5, 5.41) is 18.6. The number of halogens is 1. The van der Waals surface area contributed by atoms with Crippen LogP contribution in [0.4, 0.5) is 4.39 Å². The SMILES string of the molecule is C=CC(=O)NCC1(Oc2cc(F)ccc2-c2nnc(-c3ccc4c(c3)CCNC4)c3ccsc23)CCC1.[HH].[HH]. The van der Waals surface area contributed by atoms with Gasteiger partial charge < -0.3 is 15.4 Å². The quantitative estimate of drug-likeness (QED) is 0.298. The maximum atomic E-state index is 14.4. The van der Waals surface area contributed by atoms with Crippen molar-refractivity contribution in [1.29, 1.82) is 0 Å². The fourth-order valence-corrected chi connectivity index (χ4v) is 6.00. The van der Waals surface area contributed by atoms with Crippen molar-refractivity contribution < 1.29 is 16.8 Å². The van der Waals surface area contributed by atoms with Gasteiger partial charge in [0.25, 0.3) is 0 Å². The Morgan fingerprint density at radius 2 is 2.05 bits per heavy atom. The van der Waals surface area contributed by atoms with Crippen LogP contribution < -0.4 is 15.4 Å². The molecule has 2 aromatic carbocycles.